The van der Waals surface area contributed by atoms with Crippen molar-refractivity contribution < 1.29 is 9.18 Å². The SMILES string of the molecule is Cc1ncn(-c2cccc(F)c2C=O)c1C. The number of rotatable bonds is 2. The Morgan fingerprint density at radius 3 is 2.69 bits per heavy atom. The normalized spacial score (nSPS) is 10.4. The van der Waals surface area contributed by atoms with E-state index in [0.29, 0.717) is 12.0 Å². The zero-order valence-electron chi connectivity index (χ0n) is 9.07. The Morgan fingerprint density at radius 2 is 2.12 bits per heavy atom. The molecule has 16 heavy (non-hydrogen) atoms. The Hall–Kier alpha value is -1.97. The molecule has 0 atom stereocenters. The van der Waals surface area contributed by atoms with Gasteiger partial charge in [0.25, 0.3) is 0 Å². The number of halogens is 1. The van der Waals surface area contributed by atoms with Gasteiger partial charge in [-0.3, -0.25) is 4.79 Å². The van der Waals surface area contributed by atoms with Crippen molar-refractivity contribution in [1.29, 1.82) is 0 Å². The first-order valence-electron chi connectivity index (χ1n) is 4.89. The van der Waals surface area contributed by atoms with Gasteiger partial charge < -0.3 is 4.57 Å². The minimum atomic E-state index is -0.516. The maximum atomic E-state index is 13.4. The Balaban J connectivity index is 2.69. The fourth-order valence-electron chi connectivity index (χ4n) is 1.59. The zero-order chi connectivity index (χ0) is 11.7. The summed E-state index contributed by atoms with van der Waals surface area (Å²) >= 11 is 0. The summed E-state index contributed by atoms with van der Waals surface area (Å²) in [4.78, 5) is 15.0. The fraction of sp³-hybridized carbons (Fsp3) is 0.167. The van der Waals surface area contributed by atoms with E-state index >= 15 is 0 Å². The molecule has 82 valence electrons. The topological polar surface area (TPSA) is 34.9 Å². The van der Waals surface area contributed by atoms with E-state index in [-0.39, 0.29) is 5.56 Å². The Kier molecular flexibility index (Phi) is 2.56. The third kappa shape index (κ3) is 1.52. The molecule has 0 amide bonds. The van der Waals surface area contributed by atoms with Crippen LogP contribution in [0.25, 0.3) is 5.69 Å². The van der Waals surface area contributed by atoms with Gasteiger partial charge in [-0.1, -0.05) is 6.07 Å². The van der Waals surface area contributed by atoms with E-state index < -0.39 is 5.82 Å². The molecule has 4 heteroatoms. The molecular weight excluding hydrogens is 207 g/mol. The number of aromatic nitrogens is 2. The smallest absolute Gasteiger partial charge is 0.155 e. The second-order valence-electron chi connectivity index (χ2n) is 3.58. The first kappa shape index (κ1) is 10.5. The van der Waals surface area contributed by atoms with Gasteiger partial charge in [-0.25, -0.2) is 9.37 Å². The summed E-state index contributed by atoms with van der Waals surface area (Å²) in [6.07, 6.45) is 2.12. The van der Waals surface area contributed by atoms with Crippen LogP contribution in [0.1, 0.15) is 21.7 Å². The van der Waals surface area contributed by atoms with E-state index in [4.69, 9.17) is 0 Å². The second kappa shape index (κ2) is 3.89. The van der Waals surface area contributed by atoms with Crippen LogP contribution in [-0.2, 0) is 0 Å². The summed E-state index contributed by atoms with van der Waals surface area (Å²) in [5.74, 6) is -0.516. The number of benzene rings is 1. The van der Waals surface area contributed by atoms with E-state index in [1.165, 1.54) is 6.07 Å². The average Bonchev–Trinajstić information content (AvgIpc) is 2.59. The maximum absolute atomic E-state index is 13.4. The molecule has 0 spiro atoms. The lowest BCUT2D eigenvalue weighted by Gasteiger charge is -2.08. The number of aldehydes is 1. The van der Waals surface area contributed by atoms with Gasteiger partial charge in [0.1, 0.15) is 5.82 Å². The number of hydrogen-bond acceptors (Lipinski definition) is 2. The maximum Gasteiger partial charge on any atom is 0.155 e. The Labute approximate surface area is 92.5 Å². The van der Waals surface area contributed by atoms with Crippen molar-refractivity contribution in [3.05, 3.63) is 47.3 Å². The number of imidazole rings is 1. The summed E-state index contributed by atoms with van der Waals surface area (Å²) in [7, 11) is 0. The molecule has 0 aliphatic heterocycles. The molecule has 0 saturated carbocycles. The van der Waals surface area contributed by atoms with E-state index in [1.54, 1.807) is 23.0 Å². The van der Waals surface area contributed by atoms with Crippen LogP contribution in [0.2, 0.25) is 0 Å². The van der Waals surface area contributed by atoms with Crippen molar-refractivity contribution in [1.82, 2.24) is 9.55 Å². The summed E-state index contributed by atoms with van der Waals surface area (Å²) in [6.45, 7) is 3.74. The molecule has 0 saturated heterocycles. The third-order valence-corrected chi connectivity index (χ3v) is 2.66. The van der Waals surface area contributed by atoms with Gasteiger partial charge in [-0.05, 0) is 26.0 Å². The highest BCUT2D eigenvalue weighted by Crippen LogP contribution is 2.19. The van der Waals surface area contributed by atoms with Crippen molar-refractivity contribution in [2.75, 3.05) is 0 Å². The lowest BCUT2D eigenvalue weighted by molar-refractivity contribution is 0.112. The zero-order valence-corrected chi connectivity index (χ0v) is 9.07. The summed E-state index contributed by atoms with van der Waals surface area (Å²) < 4.78 is 15.1. The van der Waals surface area contributed by atoms with Crippen LogP contribution in [0, 0.1) is 19.7 Å². The standard InChI is InChI=1S/C12H11FN2O/c1-8-9(2)15(7-14-8)12-5-3-4-11(13)10(12)6-16/h3-7H,1-2H3. The fourth-order valence-corrected chi connectivity index (χ4v) is 1.59. The van der Waals surface area contributed by atoms with Gasteiger partial charge >= 0.3 is 0 Å². The van der Waals surface area contributed by atoms with Crippen molar-refractivity contribution in [3.63, 3.8) is 0 Å². The van der Waals surface area contributed by atoms with Gasteiger partial charge in [-0.2, -0.15) is 0 Å². The molecule has 0 bridgehead atoms. The monoisotopic (exact) mass is 218 g/mol. The van der Waals surface area contributed by atoms with Crippen LogP contribution in [0.4, 0.5) is 4.39 Å². The summed E-state index contributed by atoms with van der Waals surface area (Å²) in [5.41, 5.74) is 2.34. The van der Waals surface area contributed by atoms with Crippen LogP contribution >= 0.6 is 0 Å². The van der Waals surface area contributed by atoms with E-state index in [2.05, 4.69) is 4.98 Å². The molecule has 2 aromatic rings. The number of nitrogens with zero attached hydrogens (tertiary/aromatic N) is 2. The first-order chi connectivity index (χ1) is 7.65. The molecule has 3 nitrogen and oxygen atoms in total. The highest BCUT2D eigenvalue weighted by atomic mass is 19.1. The second-order valence-corrected chi connectivity index (χ2v) is 3.58. The van der Waals surface area contributed by atoms with Gasteiger partial charge in [-0.15, -0.1) is 0 Å². The van der Waals surface area contributed by atoms with Crippen molar-refractivity contribution >= 4 is 6.29 Å². The van der Waals surface area contributed by atoms with Gasteiger partial charge in [0.2, 0.25) is 0 Å². The third-order valence-electron chi connectivity index (χ3n) is 2.66. The highest BCUT2D eigenvalue weighted by molar-refractivity contribution is 5.81. The summed E-state index contributed by atoms with van der Waals surface area (Å²) in [5, 5.41) is 0. The minimum absolute atomic E-state index is 0.0583. The molecular formula is C12H11FN2O. The number of carbonyl (C=O) groups excluding carboxylic acids is 1. The molecule has 2 rings (SSSR count). The predicted molar refractivity (Wildman–Crippen MR) is 58.4 cm³/mol. The van der Waals surface area contributed by atoms with Crippen molar-refractivity contribution in [2.24, 2.45) is 0 Å². The van der Waals surface area contributed by atoms with E-state index in [9.17, 15) is 9.18 Å². The molecule has 0 aliphatic carbocycles. The minimum Gasteiger partial charge on any atom is -0.302 e. The van der Waals surface area contributed by atoms with Gasteiger partial charge in [0, 0.05) is 5.69 Å². The van der Waals surface area contributed by atoms with Crippen molar-refractivity contribution in [3.8, 4) is 5.69 Å². The molecule has 0 unspecified atom stereocenters. The van der Waals surface area contributed by atoms with Crippen molar-refractivity contribution in [2.45, 2.75) is 13.8 Å². The molecule has 0 N–H and O–H groups in total. The average molecular weight is 218 g/mol. The molecule has 1 heterocycles. The lowest BCUT2D eigenvalue weighted by Crippen LogP contribution is -2.02. The molecule has 1 aromatic heterocycles. The molecule has 0 aliphatic rings. The largest absolute Gasteiger partial charge is 0.302 e. The molecule has 0 radical (unpaired) electrons. The number of hydrogen-bond donors (Lipinski definition) is 0. The quantitative estimate of drug-likeness (QED) is 0.725. The molecule has 1 aromatic carbocycles. The van der Waals surface area contributed by atoms with Gasteiger partial charge in [0.15, 0.2) is 6.29 Å². The van der Waals surface area contributed by atoms with Crippen LogP contribution in [-0.4, -0.2) is 15.8 Å². The predicted octanol–water partition coefficient (Wildman–Crippen LogP) is 2.44. The lowest BCUT2D eigenvalue weighted by atomic mass is 10.1. The van der Waals surface area contributed by atoms with E-state index in [0.717, 1.165) is 11.4 Å². The van der Waals surface area contributed by atoms with Crippen LogP contribution in [0.15, 0.2) is 24.5 Å². The number of carbonyl (C=O) groups is 1. The Bertz CT molecular complexity index is 546. The van der Waals surface area contributed by atoms with E-state index in [1.807, 2.05) is 13.8 Å². The van der Waals surface area contributed by atoms with Crippen LogP contribution in [0.3, 0.4) is 0 Å². The summed E-state index contributed by atoms with van der Waals surface area (Å²) in [6, 6.07) is 4.54. The highest BCUT2D eigenvalue weighted by Gasteiger charge is 2.11. The van der Waals surface area contributed by atoms with Gasteiger partial charge in [0.05, 0.1) is 23.3 Å². The number of aryl methyl sites for hydroxylation is 1. The van der Waals surface area contributed by atoms with Crippen LogP contribution in [0.5, 0.6) is 0 Å². The first-order valence-corrected chi connectivity index (χ1v) is 4.89. The van der Waals surface area contributed by atoms with Crippen LogP contribution < -0.4 is 0 Å². The Morgan fingerprint density at radius 1 is 1.38 bits per heavy atom. The molecule has 0 fully saturated rings.